The van der Waals surface area contributed by atoms with Gasteiger partial charge in [0.2, 0.25) is 0 Å². The van der Waals surface area contributed by atoms with Gasteiger partial charge in [-0.2, -0.15) is 4.99 Å². The number of carbonyl (C=O) groups is 2. The second kappa shape index (κ2) is 8.15. The number of nitrogens with zero attached hydrogens (tertiary/aromatic N) is 1. The molecule has 0 unspecified atom stereocenters. The van der Waals surface area contributed by atoms with Gasteiger partial charge in [0.05, 0.1) is 0 Å². The van der Waals surface area contributed by atoms with Crippen LogP contribution in [0.3, 0.4) is 0 Å². The van der Waals surface area contributed by atoms with Gasteiger partial charge < -0.3 is 10.6 Å². The van der Waals surface area contributed by atoms with Gasteiger partial charge in [0.15, 0.2) is 5.17 Å². The summed E-state index contributed by atoms with van der Waals surface area (Å²) in [5.74, 6) is 0.612. The number of nitrogens with one attached hydrogen (secondary N) is 3. The monoisotopic (exact) mass is 280 g/mol. The third kappa shape index (κ3) is 5.91. The quantitative estimate of drug-likeness (QED) is 0.567. The Morgan fingerprint density at radius 3 is 2.42 bits per heavy atom. The van der Waals surface area contributed by atoms with Gasteiger partial charge >= 0.3 is 12.1 Å². The Kier molecular flexibility index (Phi) is 6.45. The van der Waals surface area contributed by atoms with Crippen LogP contribution in [-0.2, 0) is 5.75 Å². The van der Waals surface area contributed by atoms with E-state index >= 15 is 0 Å². The normalized spacial score (nSPS) is 10.7. The Hall–Kier alpha value is -2.02. The summed E-state index contributed by atoms with van der Waals surface area (Å²) >= 11 is 1.28. The summed E-state index contributed by atoms with van der Waals surface area (Å²) in [6, 6.07) is 8.79. The number of amidine groups is 1. The van der Waals surface area contributed by atoms with E-state index in [4.69, 9.17) is 0 Å². The van der Waals surface area contributed by atoms with Crippen molar-refractivity contribution in [3.8, 4) is 0 Å². The summed E-state index contributed by atoms with van der Waals surface area (Å²) in [5, 5.41) is 7.54. The van der Waals surface area contributed by atoms with Crippen molar-refractivity contribution in [2.45, 2.75) is 5.75 Å². The van der Waals surface area contributed by atoms with Crippen molar-refractivity contribution < 1.29 is 9.59 Å². The molecule has 4 amide bonds. The lowest BCUT2D eigenvalue weighted by Crippen LogP contribution is -2.37. The van der Waals surface area contributed by atoms with Gasteiger partial charge in [-0.05, 0) is 5.56 Å². The highest BCUT2D eigenvalue weighted by molar-refractivity contribution is 8.13. The molecular formula is C12H16N4O2S. The lowest BCUT2D eigenvalue weighted by Gasteiger charge is -2.07. The largest absolute Gasteiger partial charge is 0.343 e. The average Bonchev–Trinajstić information content (AvgIpc) is 2.45. The van der Waals surface area contributed by atoms with Crippen LogP contribution >= 0.6 is 11.8 Å². The van der Waals surface area contributed by atoms with Crippen molar-refractivity contribution >= 4 is 29.0 Å². The molecule has 0 aromatic heterocycles. The molecule has 0 bridgehead atoms. The molecule has 7 heteroatoms. The van der Waals surface area contributed by atoms with Gasteiger partial charge in [0.1, 0.15) is 0 Å². The second-order valence-corrected chi connectivity index (χ2v) is 4.41. The molecule has 0 aliphatic rings. The molecular weight excluding hydrogens is 264 g/mol. The first-order chi connectivity index (χ1) is 9.15. The van der Waals surface area contributed by atoms with E-state index in [1.165, 1.54) is 25.9 Å². The first kappa shape index (κ1) is 15.0. The maximum atomic E-state index is 11.3. The molecule has 0 heterocycles. The number of amides is 4. The van der Waals surface area contributed by atoms with Crippen LogP contribution < -0.4 is 16.0 Å². The van der Waals surface area contributed by atoms with Crippen molar-refractivity contribution in [1.29, 1.82) is 0 Å². The Bertz CT molecular complexity index is 462. The van der Waals surface area contributed by atoms with Gasteiger partial charge in [-0.1, -0.05) is 42.1 Å². The van der Waals surface area contributed by atoms with Crippen LogP contribution in [-0.4, -0.2) is 31.3 Å². The van der Waals surface area contributed by atoms with Crippen LogP contribution in [0, 0.1) is 0 Å². The zero-order valence-corrected chi connectivity index (χ0v) is 11.6. The molecule has 6 nitrogen and oxygen atoms in total. The zero-order valence-electron chi connectivity index (χ0n) is 10.8. The predicted octanol–water partition coefficient (Wildman–Crippen LogP) is 1.54. The van der Waals surface area contributed by atoms with Crippen LogP contribution in [0.4, 0.5) is 9.59 Å². The van der Waals surface area contributed by atoms with Crippen molar-refractivity contribution in [3.63, 3.8) is 0 Å². The first-order valence-corrected chi connectivity index (χ1v) is 6.60. The van der Waals surface area contributed by atoms with Crippen LogP contribution in [0.5, 0.6) is 0 Å². The molecule has 0 saturated carbocycles. The molecule has 3 N–H and O–H groups in total. The highest BCUT2D eigenvalue weighted by Gasteiger charge is 2.07. The topological polar surface area (TPSA) is 82.6 Å². The van der Waals surface area contributed by atoms with E-state index in [0.717, 1.165) is 5.56 Å². The number of aliphatic imine (C=N–C) groups is 1. The van der Waals surface area contributed by atoms with E-state index < -0.39 is 12.1 Å². The van der Waals surface area contributed by atoms with Crippen molar-refractivity contribution in [2.24, 2.45) is 4.99 Å². The minimum absolute atomic E-state index is 0.252. The van der Waals surface area contributed by atoms with Crippen molar-refractivity contribution in [2.75, 3.05) is 14.1 Å². The molecule has 0 aliphatic carbocycles. The van der Waals surface area contributed by atoms with Crippen LogP contribution in [0.2, 0.25) is 0 Å². The predicted molar refractivity (Wildman–Crippen MR) is 77.2 cm³/mol. The number of hydrogen-bond donors (Lipinski definition) is 3. The van der Waals surface area contributed by atoms with Gasteiger partial charge in [-0.3, -0.25) is 5.32 Å². The molecule has 1 aromatic rings. The minimum atomic E-state index is -0.507. The molecule has 0 radical (unpaired) electrons. The number of hydrogen-bond acceptors (Lipinski definition) is 3. The highest BCUT2D eigenvalue weighted by atomic mass is 32.2. The first-order valence-electron chi connectivity index (χ1n) is 5.61. The van der Waals surface area contributed by atoms with E-state index in [9.17, 15) is 9.59 Å². The summed E-state index contributed by atoms with van der Waals surface area (Å²) in [7, 11) is 2.97. The van der Waals surface area contributed by atoms with E-state index in [0.29, 0.717) is 5.75 Å². The number of urea groups is 2. The fraction of sp³-hybridized carbons (Fsp3) is 0.250. The fourth-order valence-electron chi connectivity index (χ4n) is 1.13. The fourth-order valence-corrected chi connectivity index (χ4v) is 1.94. The van der Waals surface area contributed by atoms with E-state index in [1.54, 1.807) is 0 Å². The third-order valence-corrected chi connectivity index (χ3v) is 3.03. The average molecular weight is 280 g/mol. The zero-order chi connectivity index (χ0) is 14.1. The molecule has 19 heavy (non-hydrogen) atoms. The van der Waals surface area contributed by atoms with E-state index in [-0.39, 0.29) is 5.17 Å². The molecule has 0 aliphatic heterocycles. The standard InChI is InChI=1S/C12H16N4O2S/c1-13-10(17)15-12(16-11(18)14-2)19-8-9-6-4-3-5-7-9/h3-7H,8H2,1-2H3,(H3,13,14,15,16,17,18). The lowest BCUT2D eigenvalue weighted by molar-refractivity contribution is 0.247. The SMILES string of the molecule is CNC(=O)/N=C(/NC(=O)NC)SCc1ccccc1. The Morgan fingerprint density at radius 1 is 1.16 bits per heavy atom. The number of rotatable bonds is 2. The number of benzene rings is 1. The van der Waals surface area contributed by atoms with Crippen LogP contribution in [0.15, 0.2) is 35.3 Å². The van der Waals surface area contributed by atoms with Gasteiger partial charge in [0.25, 0.3) is 0 Å². The minimum Gasteiger partial charge on any atom is -0.341 e. The van der Waals surface area contributed by atoms with Crippen LogP contribution in [0.25, 0.3) is 0 Å². The summed E-state index contributed by atoms with van der Waals surface area (Å²) in [4.78, 5) is 26.2. The maximum Gasteiger partial charge on any atom is 0.343 e. The summed E-state index contributed by atoms with van der Waals surface area (Å²) in [6.07, 6.45) is 0. The van der Waals surface area contributed by atoms with E-state index in [1.807, 2.05) is 30.3 Å². The molecule has 0 fully saturated rings. The number of carbonyl (C=O) groups excluding carboxylic acids is 2. The molecule has 0 saturated heterocycles. The van der Waals surface area contributed by atoms with Gasteiger partial charge in [-0.15, -0.1) is 0 Å². The lowest BCUT2D eigenvalue weighted by atomic mass is 10.2. The second-order valence-electron chi connectivity index (χ2n) is 3.45. The van der Waals surface area contributed by atoms with Gasteiger partial charge in [-0.25, -0.2) is 9.59 Å². The highest BCUT2D eigenvalue weighted by Crippen LogP contribution is 2.12. The van der Waals surface area contributed by atoms with Gasteiger partial charge in [0, 0.05) is 19.8 Å². The third-order valence-electron chi connectivity index (χ3n) is 2.08. The number of thioether (sulfide) groups is 1. The smallest absolute Gasteiger partial charge is 0.341 e. The molecule has 1 rings (SSSR count). The van der Waals surface area contributed by atoms with Crippen LogP contribution in [0.1, 0.15) is 5.56 Å². The molecule has 0 atom stereocenters. The van der Waals surface area contributed by atoms with Crippen molar-refractivity contribution in [3.05, 3.63) is 35.9 Å². The molecule has 1 aromatic carbocycles. The Morgan fingerprint density at radius 2 is 1.84 bits per heavy atom. The molecule has 102 valence electrons. The van der Waals surface area contributed by atoms with Crippen molar-refractivity contribution in [1.82, 2.24) is 16.0 Å². The summed E-state index contributed by atoms with van der Waals surface area (Å²) in [5.41, 5.74) is 1.08. The Balaban J connectivity index is 2.66. The van der Waals surface area contributed by atoms with E-state index in [2.05, 4.69) is 20.9 Å². The molecule has 0 spiro atoms. The Labute approximate surface area is 116 Å². The summed E-state index contributed by atoms with van der Waals surface area (Å²) in [6.45, 7) is 0. The maximum absolute atomic E-state index is 11.3. The summed E-state index contributed by atoms with van der Waals surface area (Å²) < 4.78 is 0.